The van der Waals surface area contributed by atoms with Crippen LogP contribution in [-0.4, -0.2) is 39.2 Å². The highest BCUT2D eigenvalue weighted by atomic mass is 35.5. The summed E-state index contributed by atoms with van der Waals surface area (Å²) in [6.45, 7) is 0. The maximum Gasteiger partial charge on any atom is 0.250 e. The molecular weight excluding hydrogens is 477 g/mol. The van der Waals surface area contributed by atoms with Crippen LogP contribution in [0.15, 0.2) is 67.0 Å². The molecule has 1 amide bonds. The average molecular weight is 496 g/mol. The maximum atomic E-state index is 14.2. The molecule has 4 atom stereocenters. The molecule has 3 aliphatic heterocycles. The number of thioether (sulfide) groups is 1. The van der Waals surface area contributed by atoms with Gasteiger partial charge in [0.2, 0.25) is 5.91 Å². The Morgan fingerprint density at radius 1 is 1.12 bits per heavy atom. The van der Waals surface area contributed by atoms with Gasteiger partial charge in [0.1, 0.15) is 5.54 Å². The number of carbonyl (C=O) groups excluding carboxylic acids is 2. The van der Waals surface area contributed by atoms with Gasteiger partial charge >= 0.3 is 0 Å². The molecule has 3 aliphatic rings. The Balaban J connectivity index is 1.63. The van der Waals surface area contributed by atoms with E-state index in [0.717, 1.165) is 16.9 Å². The summed E-state index contributed by atoms with van der Waals surface area (Å²) in [6, 6.07) is 16.6. The molecule has 0 aliphatic carbocycles. The number of pyridine rings is 1. The van der Waals surface area contributed by atoms with Gasteiger partial charge in [-0.05, 0) is 48.0 Å². The lowest BCUT2D eigenvalue weighted by Crippen LogP contribution is -2.52. The van der Waals surface area contributed by atoms with Crippen molar-refractivity contribution >= 4 is 52.3 Å². The van der Waals surface area contributed by atoms with Crippen LogP contribution in [0.1, 0.15) is 27.4 Å². The number of benzene rings is 2. The van der Waals surface area contributed by atoms with Crippen molar-refractivity contribution in [2.24, 2.45) is 5.92 Å². The highest BCUT2D eigenvalue weighted by Gasteiger charge is 2.69. The number of Topliss-reactive ketones (excluding diaryl/α,β-unsaturated/α-hetero) is 1. The number of rotatable bonds is 3. The van der Waals surface area contributed by atoms with Gasteiger partial charge in [0.05, 0.1) is 5.92 Å². The molecule has 0 unspecified atom stereocenters. The van der Waals surface area contributed by atoms with Crippen molar-refractivity contribution < 1.29 is 9.59 Å². The molecule has 2 saturated heterocycles. The zero-order chi connectivity index (χ0) is 22.7. The van der Waals surface area contributed by atoms with Crippen molar-refractivity contribution in [1.82, 2.24) is 9.88 Å². The summed E-state index contributed by atoms with van der Waals surface area (Å²) in [5.41, 5.74) is 1.83. The van der Waals surface area contributed by atoms with Gasteiger partial charge in [-0.25, -0.2) is 0 Å². The summed E-state index contributed by atoms with van der Waals surface area (Å²) in [5, 5.41) is 4.22. The third-order valence-corrected chi connectivity index (χ3v) is 8.59. The summed E-state index contributed by atoms with van der Waals surface area (Å²) >= 11 is 14.4. The van der Waals surface area contributed by atoms with Crippen molar-refractivity contribution in [2.75, 3.05) is 16.9 Å². The first kappa shape index (κ1) is 21.2. The van der Waals surface area contributed by atoms with E-state index >= 15 is 0 Å². The van der Waals surface area contributed by atoms with Gasteiger partial charge in [-0.1, -0.05) is 35.3 Å². The smallest absolute Gasteiger partial charge is 0.250 e. The van der Waals surface area contributed by atoms with Gasteiger partial charge in [0.15, 0.2) is 5.78 Å². The zero-order valence-corrected chi connectivity index (χ0v) is 19.7. The van der Waals surface area contributed by atoms with Gasteiger partial charge in [0.25, 0.3) is 0 Å². The number of carbonyl (C=O) groups is 2. The third-order valence-electron chi connectivity index (χ3n) is 7.07. The fourth-order valence-electron chi connectivity index (χ4n) is 5.79. The molecule has 0 bridgehead atoms. The average Bonchev–Trinajstić information content (AvgIpc) is 3.48. The van der Waals surface area contributed by atoms with Crippen LogP contribution in [0.2, 0.25) is 10.0 Å². The fraction of sp³-hybridized carbons (Fsp3) is 0.240. The van der Waals surface area contributed by atoms with Crippen LogP contribution >= 0.6 is 35.0 Å². The molecule has 3 aromatic rings. The molecule has 1 aromatic heterocycles. The van der Waals surface area contributed by atoms with Crippen LogP contribution in [-0.2, 0) is 10.3 Å². The number of amides is 1. The number of aromatic nitrogens is 1. The number of anilines is 1. The van der Waals surface area contributed by atoms with Crippen LogP contribution in [0, 0.1) is 5.92 Å². The Hall–Kier alpha value is -2.38. The molecule has 2 fully saturated rings. The van der Waals surface area contributed by atoms with Gasteiger partial charge in [0, 0.05) is 62.8 Å². The van der Waals surface area contributed by atoms with E-state index in [0.29, 0.717) is 27.2 Å². The van der Waals surface area contributed by atoms with Gasteiger partial charge in [-0.15, -0.1) is 11.8 Å². The number of nitrogens with zero attached hydrogens (tertiary/aromatic N) is 2. The monoisotopic (exact) mass is 495 g/mol. The molecule has 0 radical (unpaired) electrons. The van der Waals surface area contributed by atoms with Crippen molar-refractivity contribution in [3.63, 3.8) is 0 Å². The molecule has 1 N–H and O–H groups in total. The Morgan fingerprint density at radius 3 is 2.67 bits per heavy atom. The summed E-state index contributed by atoms with van der Waals surface area (Å²) in [5.74, 6) is 0.380. The first-order valence-electron chi connectivity index (χ1n) is 10.7. The summed E-state index contributed by atoms with van der Waals surface area (Å²) < 4.78 is 0. The normalized spacial score (nSPS) is 28.1. The lowest BCUT2D eigenvalue weighted by molar-refractivity contribution is -0.127. The van der Waals surface area contributed by atoms with Crippen molar-refractivity contribution in [1.29, 1.82) is 0 Å². The van der Waals surface area contributed by atoms with E-state index in [2.05, 4.69) is 15.2 Å². The Bertz CT molecular complexity index is 1270. The number of ketones is 1. The van der Waals surface area contributed by atoms with Crippen LogP contribution in [0.5, 0.6) is 0 Å². The van der Waals surface area contributed by atoms with Crippen LogP contribution < -0.4 is 5.32 Å². The van der Waals surface area contributed by atoms with Gasteiger partial charge in [-0.2, -0.15) is 0 Å². The molecule has 2 aromatic carbocycles. The van der Waals surface area contributed by atoms with Gasteiger partial charge in [-0.3, -0.25) is 19.5 Å². The maximum absolute atomic E-state index is 14.2. The van der Waals surface area contributed by atoms with Crippen LogP contribution in [0.3, 0.4) is 0 Å². The molecule has 5 nitrogen and oxygen atoms in total. The fourth-order valence-corrected chi connectivity index (χ4v) is 7.42. The molecular formula is C25H19Cl2N3O2S. The van der Waals surface area contributed by atoms with E-state index in [1.54, 1.807) is 42.4 Å². The molecule has 6 rings (SSSR count). The van der Waals surface area contributed by atoms with E-state index < -0.39 is 11.5 Å². The number of halogens is 2. The topological polar surface area (TPSA) is 62.3 Å². The summed E-state index contributed by atoms with van der Waals surface area (Å²) in [7, 11) is 0. The minimum Gasteiger partial charge on any atom is -0.324 e. The minimum atomic E-state index is -1.15. The van der Waals surface area contributed by atoms with Crippen LogP contribution in [0.4, 0.5) is 5.69 Å². The van der Waals surface area contributed by atoms with E-state index in [9.17, 15) is 9.59 Å². The number of hydrogen-bond acceptors (Lipinski definition) is 5. The first-order chi connectivity index (χ1) is 16.0. The zero-order valence-electron chi connectivity index (χ0n) is 17.4. The Morgan fingerprint density at radius 2 is 1.91 bits per heavy atom. The highest BCUT2D eigenvalue weighted by molar-refractivity contribution is 7.99. The second kappa shape index (κ2) is 7.84. The summed E-state index contributed by atoms with van der Waals surface area (Å²) in [6.07, 6.45) is 3.23. The minimum absolute atomic E-state index is 0.0116. The highest BCUT2D eigenvalue weighted by Crippen LogP contribution is 2.61. The SMILES string of the molecule is O=C(c1cccnc1)[C@H]1[C@H](c2ccc(Cl)cc2)[C@@H]2CSCN2[C@@]12C(=O)Nc1ccc(Cl)cc12. The molecule has 8 heteroatoms. The third kappa shape index (κ3) is 3.01. The number of hydrogen-bond donors (Lipinski definition) is 1. The Labute approximate surface area is 205 Å². The molecule has 0 saturated carbocycles. The standard InChI is InChI=1S/C25H19Cl2N3O2S/c26-16-5-3-14(4-6-16)21-20-12-33-13-30(20)25(22(21)23(31)15-2-1-9-28-11-15)18-10-17(27)7-8-19(18)29-24(25)32/h1-11,20-22H,12-13H2,(H,29,32)/t20-,21+,22+,25+/m0/s1. The van der Waals surface area contributed by atoms with E-state index in [1.165, 1.54) is 0 Å². The largest absolute Gasteiger partial charge is 0.324 e. The number of fused-ring (bicyclic) bond motifs is 4. The molecule has 1 spiro atoms. The van der Waals surface area contributed by atoms with Crippen molar-refractivity contribution in [3.05, 3.63) is 93.7 Å². The second-order valence-corrected chi connectivity index (χ2v) is 10.5. The van der Waals surface area contributed by atoms with Gasteiger partial charge < -0.3 is 5.32 Å². The van der Waals surface area contributed by atoms with E-state index in [4.69, 9.17) is 23.2 Å². The predicted octanol–water partition coefficient (Wildman–Crippen LogP) is 5.21. The second-order valence-electron chi connectivity index (χ2n) is 8.61. The van der Waals surface area contributed by atoms with Crippen molar-refractivity contribution in [2.45, 2.75) is 17.5 Å². The van der Waals surface area contributed by atoms with E-state index in [-0.39, 0.29) is 23.7 Å². The predicted molar refractivity (Wildman–Crippen MR) is 131 cm³/mol. The molecule has 4 heterocycles. The van der Waals surface area contributed by atoms with Crippen molar-refractivity contribution in [3.8, 4) is 0 Å². The lowest BCUT2D eigenvalue weighted by atomic mass is 9.69. The quantitative estimate of drug-likeness (QED) is 0.505. The van der Waals surface area contributed by atoms with E-state index in [1.807, 2.05) is 36.4 Å². The molecule has 166 valence electrons. The summed E-state index contributed by atoms with van der Waals surface area (Å²) in [4.78, 5) is 34.5. The Kier molecular flexibility index (Phi) is 5.03. The molecule has 33 heavy (non-hydrogen) atoms. The first-order valence-corrected chi connectivity index (χ1v) is 12.6. The lowest BCUT2D eigenvalue weighted by Gasteiger charge is -2.36. The van der Waals surface area contributed by atoms with Crippen LogP contribution in [0.25, 0.3) is 0 Å². The number of nitrogens with one attached hydrogen (secondary N) is 1.